The van der Waals surface area contributed by atoms with Crippen LogP contribution >= 0.6 is 11.6 Å². The number of amides is 1. The lowest BCUT2D eigenvalue weighted by molar-refractivity contribution is -0.117. The van der Waals surface area contributed by atoms with Crippen LogP contribution in [-0.4, -0.2) is 58.4 Å². The molecule has 1 amide bonds. The number of nitrogens with zero attached hydrogens (tertiary/aromatic N) is 3. The van der Waals surface area contributed by atoms with E-state index in [4.69, 9.17) is 11.6 Å². The summed E-state index contributed by atoms with van der Waals surface area (Å²) >= 11 is 5.85. The van der Waals surface area contributed by atoms with E-state index >= 15 is 0 Å². The molecule has 1 fully saturated rings. The number of carbonyl (C=O) groups excluding carboxylic acids is 1. The van der Waals surface area contributed by atoms with Gasteiger partial charge in [-0.25, -0.2) is 4.98 Å². The van der Waals surface area contributed by atoms with E-state index in [1.165, 1.54) is 0 Å². The van der Waals surface area contributed by atoms with Crippen LogP contribution in [-0.2, 0) is 11.3 Å². The van der Waals surface area contributed by atoms with Crippen molar-refractivity contribution in [3.05, 3.63) is 47.5 Å². The fraction of sp³-hybridized carbons (Fsp3) is 0.412. The molecule has 128 valence electrons. The molecule has 3 rings (SSSR count). The van der Waals surface area contributed by atoms with Gasteiger partial charge < -0.3 is 10.3 Å². The molecule has 0 saturated carbocycles. The Bertz CT molecular complexity index is 644. The number of rotatable bonds is 5. The molecule has 6 nitrogen and oxygen atoms in total. The number of nitrogens with one attached hydrogen (secondary N) is 2. The summed E-state index contributed by atoms with van der Waals surface area (Å²) in [5, 5.41) is 3.58. The minimum atomic E-state index is 0.0109. The predicted octanol–water partition coefficient (Wildman–Crippen LogP) is 2.21. The molecular formula is C17H22ClN5O. The summed E-state index contributed by atoms with van der Waals surface area (Å²) < 4.78 is 0. The first-order chi connectivity index (χ1) is 11.7. The van der Waals surface area contributed by atoms with Crippen LogP contribution in [0.15, 0.2) is 36.7 Å². The van der Waals surface area contributed by atoms with Crippen molar-refractivity contribution in [1.29, 1.82) is 0 Å². The number of benzene rings is 1. The summed E-state index contributed by atoms with van der Waals surface area (Å²) in [7, 11) is 0. The van der Waals surface area contributed by atoms with Crippen molar-refractivity contribution >= 4 is 23.2 Å². The van der Waals surface area contributed by atoms with Crippen LogP contribution in [0.1, 0.15) is 12.2 Å². The standard InChI is InChI=1S/C17H22ClN5O/c18-14-2-4-15(5-3-14)21-17(24)13-23-9-1-8-22(10-11-23)12-16-19-6-7-20-16/h2-7H,1,8-13H2,(H,19,20)(H,21,24). The van der Waals surface area contributed by atoms with Crippen LogP contribution in [0.2, 0.25) is 5.02 Å². The summed E-state index contributed by atoms with van der Waals surface area (Å²) in [6, 6.07) is 7.17. The first-order valence-corrected chi connectivity index (χ1v) is 8.55. The summed E-state index contributed by atoms with van der Waals surface area (Å²) in [4.78, 5) is 24.2. The van der Waals surface area contributed by atoms with Gasteiger partial charge in [0.25, 0.3) is 0 Å². The highest BCUT2D eigenvalue weighted by molar-refractivity contribution is 6.30. The Labute approximate surface area is 146 Å². The monoisotopic (exact) mass is 347 g/mol. The summed E-state index contributed by atoms with van der Waals surface area (Å²) in [5.41, 5.74) is 0.777. The molecule has 1 aromatic heterocycles. The van der Waals surface area contributed by atoms with Crippen LogP contribution in [0.4, 0.5) is 5.69 Å². The Balaban J connectivity index is 1.45. The van der Waals surface area contributed by atoms with Gasteiger partial charge in [0.05, 0.1) is 13.1 Å². The van der Waals surface area contributed by atoms with Crippen LogP contribution < -0.4 is 5.32 Å². The zero-order valence-electron chi connectivity index (χ0n) is 13.5. The largest absolute Gasteiger partial charge is 0.348 e. The van der Waals surface area contributed by atoms with Crippen molar-refractivity contribution < 1.29 is 4.79 Å². The number of hydrogen-bond donors (Lipinski definition) is 2. The van der Waals surface area contributed by atoms with E-state index in [1.807, 2.05) is 18.3 Å². The molecule has 0 radical (unpaired) electrons. The van der Waals surface area contributed by atoms with Crippen molar-refractivity contribution in [1.82, 2.24) is 19.8 Å². The number of hydrogen-bond acceptors (Lipinski definition) is 4. The van der Waals surface area contributed by atoms with Crippen molar-refractivity contribution in [3.63, 3.8) is 0 Å². The maximum atomic E-state index is 12.2. The lowest BCUT2D eigenvalue weighted by atomic mass is 10.3. The summed E-state index contributed by atoms with van der Waals surface area (Å²) in [6.45, 7) is 5.03. The molecule has 2 N–H and O–H groups in total. The normalized spacial score (nSPS) is 16.7. The molecule has 1 aliphatic heterocycles. The SMILES string of the molecule is O=C(CN1CCCN(Cc2ncc[nH]2)CC1)Nc1ccc(Cl)cc1. The van der Waals surface area contributed by atoms with E-state index in [-0.39, 0.29) is 5.91 Å². The van der Waals surface area contributed by atoms with Crippen molar-refractivity contribution in [2.75, 3.05) is 38.0 Å². The van der Waals surface area contributed by atoms with Crippen LogP contribution in [0.25, 0.3) is 0 Å². The van der Waals surface area contributed by atoms with E-state index in [0.29, 0.717) is 11.6 Å². The van der Waals surface area contributed by atoms with E-state index in [2.05, 4.69) is 25.1 Å². The Hall–Kier alpha value is -1.89. The van der Waals surface area contributed by atoms with Crippen LogP contribution in [0.5, 0.6) is 0 Å². The van der Waals surface area contributed by atoms with E-state index in [1.54, 1.807) is 18.3 Å². The van der Waals surface area contributed by atoms with Gasteiger partial charge in [-0.2, -0.15) is 0 Å². The van der Waals surface area contributed by atoms with E-state index in [0.717, 1.165) is 50.7 Å². The second kappa shape index (κ2) is 8.28. The smallest absolute Gasteiger partial charge is 0.238 e. The van der Waals surface area contributed by atoms with Gasteiger partial charge in [0.2, 0.25) is 5.91 Å². The molecule has 0 spiro atoms. The zero-order valence-corrected chi connectivity index (χ0v) is 14.3. The number of carbonyl (C=O) groups is 1. The highest BCUT2D eigenvalue weighted by Gasteiger charge is 2.17. The molecule has 1 aliphatic rings. The first kappa shape index (κ1) is 17.0. The first-order valence-electron chi connectivity index (χ1n) is 8.17. The molecular weight excluding hydrogens is 326 g/mol. The van der Waals surface area contributed by atoms with Gasteiger partial charge in [0.1, 0.15) is 5.82 Å². The third kappa shape index (κ3) is 5.06. The second-order valence-electron chi connectivity index (χ2n) is 6.00. The number of aromatic amines is 1. The molecule has 1 aromatic carbocycles. The summed E-state index contributed by atoms with van der Waals surface area (Å²) in [6.07, 6.45) is 4.68. The van der Waals surface area contributed by atoms with Crippen molar-refractivity contribution in [2.45, 2.75) is 13.0 Å². The molecule has 1 saturated heterocycles. The Morgan fingerprint density at radius 1 is 1.17 bits per heavy atom. The number of anilines is 1. The molecule has 2 aromatic rings. The van der Waals surface area contributed by atoms with Gasteiger partial charge in [-0.3, -0.25) is 14.6 Å². The molecule has 0 aliphatic carbocycles. The highest BCUT2D eigenvalue weighted by atomic mass is 35.5. The third-order valence-corrected chi connectivity index (χ3v) is 4.36. The second-order valence-corrected chi connectivity index (χ2v) is 6.43. The lowest BCUT2D eigenvalue weighted by Gasteiger charge is -2.20. The molecule has 0 atom stereocenters. The quantitative estimate of drug-likeness (QED) is 0.870. The van der Waals surface area contributed by atoms with Crippen LogP contribution in [0, 0.1) is 0 Å². The van der Waals surface area contributed by atoms with E-state index in [9.17, 15) is 4.79 Å². The average molecular weight is 348 g/mol. The molecule has 0 unspecified atom stereocenters. The Morgan fingerprint density at radius 3 is 2.67 bits per heavy atom. The molecule has 7 heteroatoms. The maximum Gasteiger partial charge on any atom is 0.238 e. The lowest BCUT2D eigenvalue weighted by Crippen LogP contribution is -2.36. The fourth-order valence-electron chi connectivity index (χ4n) is 2.87. The van der Waals surface area contributed by atoms with Gasteiger partial charge >= 0.3 is 0 Å². The maximum absolute atomic E-state index is 12.2. The van der Waals surface area contributed by atoms with Crippen molar-refractivity contribution in [2.24, 2.45) is 0 Å². The molecule has 2 heterocycles. The van der Waals surface area contributed by atoms with Gasteiger partial charge in [-0.05, 0) is 43.8 Å². The minimum absolute atomic E-state index is 0.0109. The zero-order chi connectivity index (χ0) is 16.8. The molecule has 0 bridgehead atoms. The topological polar surface area (TPSA) is 64.3 Å². The Morgan fingerprint density at radius 2 is 1.92 bits per heavy atom. The van der Waals surface area contributed by atoms with Gasteiger partial charge in [0.15, 0.2) is 0 Å². The van der Waals surface area contributed by atoms with E-state index < -0.39 is 0 Å². The highest BCUT2D eigenvalue weighted by Crippen LogP contribution is 2.13. The summed E-state index contributed by atoms with van der Waals surface area (Å²) in [5.74, 6) is 1.00. The number of imidazole rings is 1. The fourth-order valence-corrected chi connectivity index (χ4v) is 3.00. The van der Waals surface area contributed by atoms with Gasteiger partial charge in [-0.15, -0.1) is 0 Å². The van der Waals surface area contributed by atoms with Crippen LogP contribution in [0.3, 0.4) is 0 Å². The molecule has 24 heavy (non-hydrogen) atoms. The average Bonchev–Trinajstić information content (AvgIpc) is 2.97. The number of aromatic nitrogens is 2. The minimum Gasteiger partial charge on any atom is -0.348 e. The Kier molecular flexibility index (Phi) is 5.85. The predicted molar refractivity (Wildman–Crippen MR) is 95.0 cm³/mol. The third-order valence-electron chi connectivity index (χ3n) is 4.10. The van der Waals surface area contributed by atoms with Crippen molar-refractivity contribution in [3.8, 4) is 0 Å². The van der Waals surface area contributed by atoms with Gasteiger partial charge in [-0.1, -0.05) is 11.6 Å². The van der Waals surface area contributed by atoms with Gasteiger partial charge in [0, 0.05) is 36.2 Å². The number of H-pyrrole nitrogens is 1. The number of halogens is 1.